The predicted octanol–water partition coefficient (Wildman–Crippen LogP) is 7.87. The lowest BCUT2D eigenvalue weighted by Crippen LogP contribution is -2.54. The van der Waals surface area contributed by atoms with Gasteiger partial charge in [0.2, 0.25) is 11.8 Å². The first kappa shape index (κ1) is 36.0. The number of hydrogen-bond acceptors (Lipinski definition) is 4. The number of carbonyl (C=O) groups is 2. The zero-order valence-corrected chi connectivity index (χ0v) is 29.4. The highest BCUT2D eigenvalue weighted by molar-refractivity contribution is 7.92. The molecule has 4 aromatic carbocycles. The Labute approximate surface area is 288 Å². The van der Waals surface area contributed by atoms with Crippen LogP contribution in [0, 0.1) is 0 Å². The van der Waals surface area contributed by atoms with Crippen LogP contribution in [0.15, 0.2) is 108 Å². The van der Waals surface area contributed by atoms with Crippen LogP contribution in [-0.2, 0) is 32.6 Å². The van der Waals surface area contributed by atoms with Gasteiger partial charge < -0.3 is 10.2 Å². The molecule has 10 heteroatoms. The molecule has 0 aliphatic rings. The number of sulfonamides is 1. The molecule has 0 unspecified atom stereocenters. The summed E-state index contributed by atoms with van der Waals surface area (Å²) in [6, 6.07) is 28.5. The molecule has 248 valence electrons. The number of carbonyl (C=O) groups excluding carboxylic acids is 2. The Balaban J connectivity index is 1.82. The van der Waals surface area contributed by atoms with Crippen molar-refractivity contribution < 1.29 is 18.0 Å². The van der Waals surface area contributed by atoms with E-state index in [-0.39, 0.29) is 35.7 Å². The van der Waals surface area contributed by atoms with E-state index in [0.29, 0.717) is 27.7 Å². The van der Waals surface area contributed by atoms with E-state index in [9.17, 15) is 18.0 Å². The van der Waals surface area contributed by atoms with Gasteiger partial charge >= 0.3 is 0 Å². The van der Waals surface area contributed by atoms with E-state index in [0.717, 1.165) is 15.4 Å². The molecule has 2 atom stereocenters. The fraction of sp³-hybridized carbons (Fsp3) is 0.297. The summed E-state index contributed by atoms with van der Waals surface area (Å²) >= 11 is 12.6. The lowest BCUT2D eigenvalue weighted by molar-refractivity contribution is -0.140. The Bertz CT molecular complexity index is 1750. The SMILES string of the molecule is CC[C@@H](C)NC(=O)[C@H](Cc1ccccc1)N(Cc1ccc(Cl)c(Cl)c1)C(=O)CN(c1ccc(C(C)C)cc1)S(=O)(=O)c1ccccc1. The van der Waals surface area contributed by atoms with E-state index in [2.05, 4.69) is 19.2 Å². The maximum atomic E-state index is 14.6. The zero-order valence-electron chi connectivity index (χ0n) is 27.1. The first-order valence-electron chi connectivity index (χ1n) is 15.7. The molecule has 0 radical (unpaired) electrons. The van der Waals surface area contributed by atoms with Gasteiger partial charge in [0, 0.05) is 19.0 Å². The monoisotopic (exact) mass is 693 g/mol. The smallest absolute Gasteiger partial charge is 0.264 e. The van der Waals surface area contributed by atoms with Crippen molar-refractivity contribution in [2.45, 2.75) is 70.0 Å². The van der Waals surface area contributed by atoms with Crippen molar-refractivity contribution in [3.63, 3.8) is 0 Å². The van der Waals surface area contributed by atoms with Crippen molar-refractivity contribution in [1.29, 1.82) is 0 Å². The van der Waals surface area contributed by atoms with Crippen LogP contribution in [0.5, 0.6) is 0 Å². The summed E-state index contributed by atoms with van der Waals surface area (Å²) in [6.45, 7) is 7.42. The molecule has 0 saturated heterocycles. The summed E-state index contributed by atoms with van der Waals surface area (Å²) < 4.78 is 29.5. The number of hydrogen-bond donors (Lipinski definition) is 1. The standard InChI is InChI=1S/C37H41Cl2N3O4S/c1-5-27(4)40-37(44)35(23-28-12-8-6-9-13-28)41(24-29-16-21-33(38)34(39)22-29)36(43)25-42(31-19-17-30(18-20-31)26(2)3)47(45,46)32-14-10-7-11-15-32/h6-22,26-27,35H,5,23-25H2,1-4H3,(H,40,44)/t27-,35+/m1/s1. The average molecular weight is 695 g/mol. The van der Waals surface area contributed by atoms with Gasteiger partial charge in [-0.1, -0.05) is 111 Å². The fourth-order valence-electron chi connectivity index (χ4n) is 5.10. The summed E-state index contributed by atoms with van der Waals surface area (Å²) in [5, 5.41) is 3.70. The molecule has 1 N–H and O–H groups in total. The van der Waals surface area contributed by atoms with E-state index in [1.165, 1.54) is 17.0 Å². The predicted molar refractivity (Wildman–Crippen MR) is 190 cm³/mol. The van der Waals surface area contributed by atoms with Crippen molar-refractivity contribution in [3.05, 3.63) is 130 Å². The van der Waals surface area contributed by atoms with Crippen molar-refractivity contribution in [2.24, 2.45) is 0 Å². The van der Waals surface area contributed by atoms with Crippen molar-refractivity contribution >= 4 is 50.7 Å². The molecule has 7 nitrogen and oxygen atoms in total. The highest BCUT2D eigenvalue weighted by Gasteiger charge is 2.35. The highest BCUT2D eigenvalue weighted by Crippen LogP contribution is 2.28. The van der Waals surface area contributed by atoms with Gasteiger partial charge in [-0.05, 0) is 72.4 Å². The molecule has 0 spiro atoms. The second kappa shape index (κ2) is 16.3. The van der Waals surface area contributed by atoms with Gasteiger partial charge in [-0.3, -0.25) is 13.9 Å². The number of nitrogens with zero attached hydrogens (tertiary/aromatic N) is 2. The summed E-state index contributed by atoms with van der Waals surface area (Å²) in [5.74, 6) is -0.659. The van der Waals surface area contributed by atoms with Crippen LogP contribution in [0.3, 0.4) is 0 Å². The lowest BCUT2D eigenvalue weighted by atomic mass is 10.0. The molecule has 0 fully saturated rings. The Kier molecular flexibility index (Phi) is 12.5. The Morgan fingerprint density at radius 1 is 0.787 bits per heavy atom. The quantitative estimate of drug-likeness (QED) is 0.146. The van der Waals surface area contributed by atoms with Gasteiger partial charge in [-0.15, -0.1) is 0 Å². The molecule has 4 rings (SSSR count). The number of halogens is 2. The van der Waals surface area contributed by atoms with Crippen LogP contribution < -0.4 is 9.62 Å². The molecule has 0 aliphatic carbocycles. The summed E-state index contributed by atoms with van der Waals surface area (Å²) in [4.78, 5) is 30.1. The lowest BCUT2D eigenvalue weighted by Gasteiger charge is -2.34. The normalized spacial score (nSPS) is 12.7. The van der Waals surface area contributed by atoms with Crippen molar-refractivity contribution in [3.8, 4) is 0 Å². The largest absolute Gasteiger partial charge is 0.352 e. The summed E-state index contributed by atoms with van der Waals surface area (Å²) in [6.07, 6.45) is 0.907. The zero-order chi connectivity index (χ0) is 34.1. The number of rotatable bonds is 14. The number of anilines is 1. The van der Waals surface area contributed by atoms with E-state index in [4.69, 9.17) is 23.2 Å². The van der Waals surface area contributed by atoms with Gasteiger partial charge in [0.05, 0.1) is 20.6 Å². The maximum Gasteiger partial charge on any atom is 0.264 e. The van der Waals surface area contributed by atoms with Gasteiger partial charge in [-0.2, -0.15) is 0 Å². The minimum atomic E-state index is -4.18. The molecule has 0 bridgehead atoms. The van der Waals surface area contributed by atoms with Crippen LogP contribution in [0.25, 0.3) is 0 Å². The third-order valence-electron chi connectivity index (χ3n) is 8.07. The summed E-state index contributed by atoms with van der Waals surface area (Å²) in [5.41, 5.74) is 2.86. The molecule has 0 saturated carbocycles. The van der Waals surface area contributed by atoms with Crippen molar-refractivity contribution in [2.75, 3.05) is 10.8 Å². The van der Waals surface area contributed by atoms with Crippen molar-refractivity contribution in [1.82, 2.24) is 10.2 Å². The van der Waals surface area contributed by atoms with E-state index >= 15 is 0 Å². The second-order valence-corrected chi connectivity index (χ2v) is 14.5. The van der Waals surface area contributed by atoms with Gasteiger partial charge in [0.15, 0.2) is 0 Å². The molecular weight excluding hydrogens is 653 g/mol. The second-order valence-electron chi connectivity index (χ2n) is 11.9. The fourth-order valence-corrected chi connectivity index (χ4v) is 6.86. The van der Waals surface area contributed by atoms with Crippen LogP contribution in [0.1, 0.15) is 56.7 Å². The third kappa shape index (κ3) is 9.37. The number of amides is 2. The molecule has 2 amide bonds. The molecule has 0 heterocycles. The topological polar surface area (TPSA) is 86.8 Å². The molecule has 4 aromatic rings. The minimum Gasteiger partial charge on any atom is -0.352 e. The Morgan fingerprint density at radius 3 is 1.98 bits per heavy atom. The van der Waals surface area contributed by atoms with Gasteiger partial charge in [0.1, 0.15) is 12.6 Å². The Morgan fingerprint density at radius 2 is 1.40 bits per heavy atom. The van der Waals surface area contributed by atoms with Crippen LogP contribution in [0.4, 0.5) is 5.69 Å². The maximum absolute atomic E-state index is 14.6. The third-order valence-corrected chi connectivity index (χ3v) is 10.6. The molecule has 0 aromatic heterocycles. The van der Waals surface area contributed by atoms with Gasteiger partial charge in [-0.25, -0.2) is 8.42 Å². The highest BCUT2D eigenvalue weighted by atomic mass is 35.5. The van der Waals surface area contributed by atoms with E-state index in [1.807, 2.05) is 56.3 Å². The van der Waals surface area contributed by atoms with Crippen LogP contribution in [0.2, 0.25) is 10.0 Å². The number of nitrogens with one attached hydrogen (secondary N) is 1. The van der Waals surface area contributed by atoms with E-state index < -0.39 is 28.5 Å². The van der Waals surface area contributed by atoms with Gasteiger partial charge in [0.25, 0.3) is 10.0 Å². The molecule has 0 aliphatic heterocycles. The Hall–Kier alpha value is -3.85. The summed E-state index contributed by atoms with van der Waals surface area (Å²) in [7, 11) is -4.18. The molecule has 47 heavy (non-hydrogen) atoms. The first-order valence-corrected chi connectivity index (χ1v) is 17.9. The number of benzene rings is 4. The molecular formula is C37H41Cl2N3O4S. The average Bonchev–Trinajstić information content (AvgIpc) is 3.07. The first-order chi connectivity index (χ1) is 22.4. The minimum absolute atomic E-state index is 0.00728. The van der Waals surface area contributed by atoms with E-state index in [1.54, 1.807) is 48.5 Å². The van der Waals surface area contributed by atoms with Crippen LogP contribution in [-0.4, -0.2) is 43.8 Å². The van der Waals surface area contributed by atoms with Crippen LogP contribution >= 0.6 is 23.2 Å².